The minimum Gasteiger partial charge on any atom is -0.393 e. The maximum Gasteiger partial charge on any atom is 0.417 e. The SMILES string of the molecule is CC(C)CN(CCC(N)=S)c1ccc(C(F)(F)F)cn1. The van der Waals surface area contributed by atoms with Gasteiger partial charge in [-0.25, -0.2) is 4.98 Å². The standard InChI is InChI=1S/C13H18F3N3S/c1-9(2)8-19(6-5-11(17)20)12-4-3-10(7-18-12)13(14,15)16/h3-4,7,9H,5-6,8H2,1-2H3,(H2,17,20). The lowest BCUT2D eigenvalue weighted by Crippen LogP contribution is -2.31. The molecule has 3 nitrogen and oxygen atoms in total. The highest BCUT2D eigenvalue weighted by Gasteiger charge is 2.30. The molecular formula is C13H18F3N3S. The predicted molar refractivity (Wildman–Crippen MR) is 77.7 cm³/mol. The van der Waals surface area contributed by atoms with Crippen LogP contribution in [0.5, 0.6) is 0 Å². The van der Waals surface area contributed by atoms with Crippen molar-refractivity contribution < 1.29 is 13.2 Å². The lowest BCUT2D eigenvalue weighted by atomic mass is 10.2. The largest absolute Gasteiger partial charge is 0.417 e. The third-order valence-electron chi connectivity index (χ3n) is 2.61. The van der Waals surface area contributed by atoms with Crippen LogP contribution < -0.4 is 10.6 Å². The molecule has 0 saturated carbocycles. The monoisotopic (exact) mass is 305 g/mol. The second-order valence-electron chi connectivity index (χ2n) is 4.96. The number of aromatic nitrogens is 1. The molecule has 0 radical (unpaired) electrons. The summed E-state index contributed by atoms with van der Waals surface area (Å²) < 4.78 is 37.5. The molecule has 0 fully saturated rings. The van der Waals surface area contributed by atoms with Gasteiger partial charge in [-0.15, -0.1) is 0 Å². The highest BCUT2D eigenvalue weighted by atomic mass is 32.1. The molecule has 2 N–H and O–H groups in total. The van der Waals surface area contributed by atoms with Gasteiger partial charge in [-0.3, -0.25) is 0 Å². The van der Waals surface area contributed by atoms with Crippen LogP contribution >= 0.6 is 12.2 Å². The van der Waals surface area contributed by atoms with Gasteiger partial charge in [0, 0.05) is 25.7 Å². The maximum atomic E-state index is 12.5. The molecule has 0 aliphatic rings. The number of nitrogens with two attached hydrogens (primary N) is 1. The van der Waals surface area contributed by atoms with Gasteiger partial charge in [0.25, 0.3) is 0 Å². The molecule has 0 saturated heterocycles. The fourth-order valence-corrected chi connectivity index (χ4v) is 1.82. The fraction of sp³-hybridized carbons (Fsp3) is 0.538. The zero-order chi connectivity index (χ0) is 15.3. The van der Waals surface area contributed by atoms with Gasteiger partial charge in [-0.1, -0.05) is 26.1 Å². The minimum atomic E-state index is -4.37. The van der Waals surface area contributed by atoms with E-state index in [9.17, 15) is 13.2 Å². The first-order valence-corrected chi connectivity index (χ1v) is 6.67. The van der Waals surface area contributed by atoms with E-state index in [4.69, 9.17) is 18.0 Å². The van der Waals surface area contributed by atoms with Crippen LogP contribution in [0.1, 0.15) is 25.8 Å². The molecule has 112 valence electrons. The van der Waals surface area contributed by atoms with E-state index in [0.29, 0.717) is 36.2 Å². The highest BCUT2D eigenvalue weighted by molar-refractivity contribution is 7.80. The molecule has 1 heterocycles. The predicted octanol–water partition coefficient (Wildman–Crippen LogP) is 3.24. The van der Waals surface area contributed by atoms with Crippen LogP contribution in [-0.2, 0) is 6.18 Å². The number of rotatable bonds is 6. The summed E-state index contributed by atoms with van der Waals surface area (Å²) in [5, 5.41) is 0. The number of nitrogens with zero attached hydrogens (tertiary/aromatic N) is 2. The maximum absolute atomic E-state index is 12.5. The van der Waals surface area contributed by atoms with E-state index in [2.05, 4.69) is 4.98 Å². The molecule has 0 spiro atoms. The number of hydrogen-bond donors (Lipinski definition) is 1. The van der Waals surface area contributed by atoms with Gasteiger partial charge in [0.05, 0.1) is 10.6 Å². The number of hydrogen-bond acceptors (Lipinski definition) is 3. The van der Waals surface area contributed by atoms with Crippen molar-refractivity contribution in [1.82, 2.24) is 4.98 Å². The van der Waals surface area contributed by atoms with Crippen LogP contribution in [0.2, 0.25) is 0 Å². The Balaban J connectivity index is 2.87. The topological polar surface area (TPSA) is 42.1 Å². The Kier molecular flexibility index (Phi) is 5.74. The smallest absolute Gasteiger partial charge is 0.393 e. The van der Waals surface area contributed by atoms with E-state index in [1.807, 2.05) is 18.7 Å². The summed E-state index contributed by atoms with van der Waals surface area (Å²) in [5.41, 5.74) is 4.72. The zero-order valence-electron chi connectivity index (χ0n) is 11.4. The van der Waals surface area contributed by atoms with Crippen molar-refractivity contribution in [1.29, 1.82) is 0 Å². The number of anilines is 1. The van der Waals surface area contributed by atoms with Crippen molar-refractivity contribution in [3.05, 3.63) is 23.9 Å². The van der Waals surface area contributed by atoms with Crippen molar-refractivity contribution in [2.24, 2.45) is 11.7 Å². The fourth-order valence-electron chi connectivity index (χ4n) is 1.73. The Morgan fingerprint density at radius 2 is 2.05 bits per heavy atom. The van der Waals surface area contributed by atoms with Crippen LogP contribution in [0.4, 0.5) is 19.0 Å². The van der Waals surface area contributed by atoms with E-state index in [1.54, 1.807) is 0 Å². The Bertz CT molecular complexity index is 443. The molecule has 20 heavy (non-hydrogen) atoms. The van der Waals surface area contributed by atoms with E-state index in [1.165, 1.54) is 6.07 Å². The molecular weight excluding hydrogens is 287 g/mol. The Morgan fingerprint density at radius 3 is 2.45 bits per heavy atom. The van der Waals surface area contributed by atoms with Crippen molar-refractivity contribution >= 4 is 23.0 Å². The summed E-state index contributed by atoms with van der Waals surface area (Å²) >= 11 is 4.83. The summed E-state index contributed by atoms with van der Waals surface area (Å²) in [6.45, 7) is 5.28. The quantitative estimate of drug-likeness (QED) is 0.819. The van der Waals surface area contributed by atoms with Gasteiger partial charge in [0.15, 0.2) is 0 Å². The molecule has 1 aromatic rings. The third-order valence-corrected chi connectivity index (χ3v) is 2.82. The number of thiocarbonyl (C=S) groups is 1. The molecule has 0 aliphatic carbocycles. The van der Waals surface area contributed by atoms with Gasteiger partial charge in [-0.2, -0.15) is 13.2 Å². The molecule has 0 aromatic carbocycles. The molecule has 0 bridgehead atoms. The van der Waals surface area contributed by atoms with Crippen LogP contribution in [0.15, 0.2) is 18.3 Å². The summed E-state index contributed by atoms with van der Waals surface area (Å²) in [6.07, 6.45) is -3.01. The van der Waals surface area contributed by atoms with Crippen molar-refractivity contribution in [2.75, 3.05) is 18.0 Å². The summed E-state index contributed by atoms with van der Waals surface area (Å²) in [7, 11) is 0. The van der Waals surface area contributed by atoms with Crippen molar-refractivity contribution in [3.63, 3.8) is 0 Å². The number of pyridine rings is 1. The summed E-state index contributed by atoms with van der Waals surface area (Å²) in [6, 6.07) is 2.42. The van der Waals surface area contributed by atoms with Crippen molar-refractivity contribution in [2.45, 2.75) is 26.4 Å². The van der Waals surface area contributed by atoms with Gasteiger partial charge in [0.2, 0.25) is 0 Å². The minimum absolute atomic E-state index is 0.352. The molecule has 0 aliphatic heterocycles. The van der Waals surface area contributed by atoms with Gasteiger partial charge >= 0.3 is 6.18 Å². The normalized spacial score (nSPS) is 11.7. The van der Waals surface area contributed by atoms with Crippen LogP contribution in [-0.4, -0.2) is 23.1 Å². The van der Waals surface area contributed by atoms with Gasteiger partial charge < -0.3 is 10.6 Å². The van der Waals surface area contributed by atoms with E-state index in [-0.39, 0.29) is 0 Å². The van der Waals surface area contributed by atoms with E-state index >= 15 is 0 Å². The Hall–Kier alpha value is -1.37. The second kappa shape index (κ2) is 6.88. The molecule has 0 unspecified atom stereocenters. The summed E-state index contributed by atoms with van der Waals surface area (Å²) in [5.74, 6) is 0.855. The molecule has 0 amide bonds. The van der Waals surface area contributed by atoms with Crippen molar-refractivity contribution in [3.8, 4) is 0 Å². The van der Waals surface area contributed by atoms with Gasteiger partial charge in [-0.05, 0) is 18.1 Å². The zero-order valence-corrected chi connectivity index (χ0v) is 12.3. The average molecular weight is 305 g/mol. The van der Waals surface area contributed by atoms with E-state index in [0.717, 1.165) is 12.3 Å². The first-order chi connectivity index (χ1) is 9.20. The lowest BCUT2D eigenvalue weighted by Gasteiger charge is -2.25. The highest BCUT2D eigenvalue weighted by Crippen LogP contribution is 2.29. The molecule has 0 atom stereocenters. The molecule has 7 heteroatoms. The number of alkyl halides is 3. The van der Waals surface area contributed by atoms with Crippen LogP contribution in [0, 0.1) is 5.92 Å². The van der Waals surface area contributed by atoms with Gasteiger partial charge in [0.1, 0.15) is 5.82 Å². The molecule has 1 rings (SSSR count). The average Bonchev–Trinajstić information content (AvgIpc) is 2.33. The Labute approximate surface area is 122 Å². The first-order valence-electron chi connectivity index (χ1n) is 6.26. The number of halogens is 3. The van der Waals surface area contributed by atoms with E-state index < -0.39 is 11.7 Å². The Morgan fingerprint density at radius 1 is 1.40 bits per heavy atom. The second-order valence-corrected chi connectivity index (χ2v) is 5.48. The summed E-state index contributed by atoms with van der Waals surface area (Å²) in [4.78, 5) is 6.17. The van der Waals surface area contributed by atoms with Crippen LogP contribution in [0.3, 0.4) is 0 Å². The first kappa shape index (κ1) is 16.7. The third kappa shape index (κ3) is 5.32. The molecule has 1 aromatic heterocycles. The lowest BCUT2D eigenvalue weighted by molar-refractivity contribution is -0.137. The van der Waals surface area contributed by atoms with Crippen LogP contribution in [0.25, 0.3) is 0 Å².